The number of carbonyl (C=O) groups excluding carboxylic acids is 2. The molecular formula is C30H35N5O5S. The minimum Gasteiger partial charge on any atom is -0.465 e. The summed E-state index contributed by atoms with van der Waals surface area (Å²) in [5.41, 5.74) is 2.55. The second-order valence-electron chi connectivity index (χ2n) is 11.5. The molecule has 1 aromatic carbocycles. The van der Waals surface area contributed by atoms with Crippen molar-refractivity contribution in [1.82, 2.24) is 24.7 Å². The molecule has 41 heavy (non-hydrogen) atoms. The van der Waals surface area contributed by atoms with Crippen molar-refractivity contribution >= 4 is 50.4 Å². The van der Waals surface area contributed by atoms with Crippen molar-refractivity contribution in [3.05, 3.63) is 52.7 Å². The van der Waals surface area contributed by atoms with Gasteiger partial charge in [-0.15, -0.1) is 11.3 Å². The quantitative estimate of drug-likeness (QED) is 0.313. The van der Waals surface area contributed by atoms with E-state index in [1.165, 1.54) is 16.2 Å². The van der Waals surface area contributed by atoms with Crippen LogP contribution in [0.5, 0.6) is 11.5 Å². The van der Waals surface area contributed by atoms with Crippen molar-refractivity contribution in [1.29, 1.82) is 0 Å². The number of ether oxygens (including phenoxy) is 1. The van der Waals surface area contributed by atoms with E-state index < -0.39 is 11.6 Å². The van der Waals surface area contributed by atoms with Crippen LogP contribution in [-0.4, -0.2) is 74.6 Å². The summed E-state index contributed by atoms with van der Waals surface area (Å²) >= 11 is 1.34. The van der Waals surface area contributed by atoms with Crippen LogP contribution in [0.3, 0.4) is 0 Å². The number of hydrogen-bond acceptors (Lipinski definition) is 6. The lowest BCUT2D eigenvalue weighted by Crippen LogP contribution is -2.47. The van der Waals surface area contributed by atoms with Crippen LogP contribution in [0.2, 0.25) is 0 Å². The number of benzene rings is 1. The number of fused-ring (bicyclic) bond motifs is 2. The van der Waals surface area contributed by atoms with Crippen LogP contribution in [0.4, 0.5) is 4.79 Å². The highest BCUT2D eigenvalue weighted by Crippen LogP contribution is 2.37. The number of aryl methyl sites for hydroxylation is 1. The van der Waals surface area contributed by atoms with Gasteiger partial charge in [-0.2, -0.15) is 0 Å². The van der Waals surface area contributed by atoms with Gasteiger partial charge in [-0.05, 0) is 58.2 Å². The Morgan fingerprint density at radius 1 is 1.22 bits per heavy atom. The molecule has 1 saturated heterocycles. The van der Waals surface area contributed by atoms with Gasteiger partial charge < -0.3 is 29.5 Å². The predicted octanol–water partition coefficient (Wildman–Crippen LogP) is 5.49. The number of nitrogens with one attached hydrogen (secondary N) is 1. The van der Waals surface area contributed by atoms with Crippen LogP contribution in [-0.2, 0) is 7.05 Å². The van der Waals surface area contributed by atoms with Crippen LogP contribution >= 0.6 is 11.3 Å². The fourth-order valence-electron chi connectivity index (χ4n) is 5.47. The Morgan fingerprint density at radius 3 is 2.66 bits per heavy atom. The predicted molar refractivity (Wildman–Crippen MR) is 159 cm³/mol. The monoisotopic (exact) mass is 577 g/mol. The zero-order valence-electron chi connectivity index (χ0n) is 24.1. The first-order valence-electron chi connectivity index (χ1n) is 13.6. The van der Waals surface area contributed by atoms with Gasteiger partial charge >= 0.3 is 6.09 Å². The van der Waals surface area contributed by atoms with Gasteiger partial charge in [0.25, 0.3) is 11.8 Å². The Balaban J connectivity index is 1.36. The molecule has 216 valence electrons. The molecular weight excluding hydrogens is 542 g/mol. The van der Waals surface area contributed by atoms with Crippen molar-refractivity contribution in [2.45, 2.75) is 39.7 Å². The molecule has 1 aliphatic heterocycles. The third-order valence-corrected chi connectivity index (χ3v) is 8.91. The molecule has 5 rings (SSSR count). The smallest absolute Gasteiger partial charge is 0.407 e. The standard InChI is InChI=1S/C30H35N5O5S/c1-17-25(27(36)31-5)20-8-7-19(13-22(20)33(17)6)40-23-9-11-32-21-14-24(41-26(21)23)28(37)34-12-10-18(15-34)16-35(29(38)39)30(2,3)4/h7-9,11,13-14,18H,10,12,15-16H2,1-6H3,(H,31,36)(H,38,39). The summed E-state index contributed by atoms with van der Waals surface area (Å²) in [5.74, 6) is 1.07. The largest absolute Gasteiger partial charge is 0.465 e. The summed E-state index contributed by atoms with van der Waals surface area (Å²) in [7, 11) is 3.54. The Morgan fingerprint density at radius 2 is 1.98 bits per heavy atom. The van der Waals surface area contributed by atoms with E-state index in [2.05, 4.69) is 10.3 Å². The SMILES string of the molecule is CNC(=O)c1c(C)n(C)c2cc(Oc3ccnc4cc(C(=O)N5CCC(CN(C(=O)O)C(C)(C)C)C5)sc34)ccc12. The number of amides is 3. The Hall–Kier alpha value is -4.12. The highest BCUT2D eigenvalue weighted by Gasteiger charge is 2.34. The van der Waals surface area contributed by atoms with Crippen LogP contribution in [0.1, 0.15) is 52.9 Å². The maximum atomic E-state index is 13.4. The maximum absolute atomic E-state index is 13.4. The number of thiophene rings is 1. The fraction of sp³-hybridized carbons (Fsp3) is 0.400. The van der Waals surface area contributed by atoms with Crippen molar-refractivity contribution < 1.29 is 24.2 Å². The molecule has 2 N–H and O–H groups in total. The molecule has 0 spiro atoms. The summed E-state index contributed by atoms with van der Waals surface area (Å²) in [6.45, 7) is 9.04. The summed E-state index contributed by atoms with van der Waals surface area (Å²) in [4.78, 5) is 46.0. The number of likely N-dealkylation sites (tertiary alicyclic amines) is 1. The number of hydrogen-bond donors (Lipinski definition) is 2. The zero-order chi connectivity index (χ0) is 29.6. The van der Waals surface area contributed by atoms with Crippen LogP contribution in [0.25, 0.3) is 21.1 Å². The van der Waals surface area contributed by atoms with E-state index in [4.69, 9.17) is 4.74 Å². The molecule has 0 bridgehead atoms. The molecule has 4 heterocycles. The highest BCUT2D eigenvalue weighted by molar-refractivity contribution is 7.21. The van der Waals surface area contributed by atoms with E-state index in [1.807, 2.05) is 57.5 Å². The number of carbonyl (C=O) groups is 3. The minimum absolute atomic E-state index is 0.0819. The zero-order valence-corrected chi connectivity index (χ0v) is 25.0. The summed E-state index contributed by atoms with van der Waals surface area (Å²) < 4.78 is 9.03. The number of carboxylic acid groups (broad SMARTS) is 1. The van der Waals surface area contributed by atoms with Gasteiger partial charge in [-0.3, -0.25) is 14.6 Å². The summed E-state index contributed by atoms with van der Waals surface area (Å²) in [6, 6.07) is 9.20. The molecule has 1 unspecified atom stereocenters. The van der Waals surface area contributed by atoms with E-state index in [-0.39, 0.29) is 17.7 Å². The number of aromatic nitrogens is 2. The normalized spacial score (nSPS) is 15.5. The molecule has 1 fully saturated rings. The summed E-state index contributed by atoms with van der Waals surface area (Å²) in [5, 5.41) is 13.2. The van der Waals surface area contributed by atoms with Gasteiger partial charge in [0.1, 0.15) is 11.5 Å². The van der Waals surface area contributed by atoms with Gasteiger partial charge in [0.2, 0.25) is 0 Å². The lowest BCUT2D eigenvalue weighted by atomic mass is 10.0. The van der Waals surface area contributed by atoms with Gasteiger partial charge in [0, 0.05) is 68.7 Å². The molecule has 0 aliphatic carbocycles. The number of pyridine rings is 1. The Labute approximate surface area is 242 Å². The van der Waals surface area contributed by atoms with E-state index >= 15 is 0 Å². The summed E-state index contributed by atoms with van der Waals surface area (Å²) in [6.07, 6.45) is 1.47. The van der Waals surface area contributed by atoms with E-state index in [1.54, 1.807) is 30.3 Å². The molecule has 3 aromatic heterocycles. The molecule has 11 heteroatoms. The molecule has 10 nitrogen and oxygen atoms in total. The molecule has 0 saturated carbocycles. The fourth-order valence-corrected chi connectivity index (χ4v) is 6.50. The third-order valence-electron chi connectivity index (χ3n) is 7.79. The van der Waals surface area contributed by atoms with Crippen molar-refractivity contribution in [2.75, 3.05) is 26.7 Å². The average molecular weight is 578 g/mol. The Kier molecular flexibility index (Phi) is 7.41. The van der Waals surface area contributed by atoms with Crippen molar-refractivity contribution in [3.8, 4) is 11.5 Å². The average Bonchev–Trinajstić information content (AvgIpc) is 3.63. The van der Waals surface area contributed by atoms with Crippen molar-refractivity contribution in [3.63, 3.8) is 0 Å². The first-order valence-corrected chi connectivity index (χ1v) is 14.4. The molecule has 4 aromatic rings. The van der Waals surface area contributed by atoms with E-state index in [9.17, 15) is 19.5 Å². The van der Waals surface area contributed by atoms with Crippen LogP contribution in [0.15, 0.2) is 36.5 Å². The van der Waals surface area contributed by atoms with Gasteiger partial charge in [-0.25, -0.2) is 4.79 Å². The van der Waals surface area contributed by atoms with E-state index in [0.29, 0.717) is 47.1 Å². The molecule has 1 aliphatic rings. The Bertz CT molecular complexity index is 1670. The van der Waals surface area contributed by atoms with Gasteiger partial charge in [0.15, 0.2) is 0 Å². The number of rotatable bonds is 6. The van der Waals surface area contributed by atoms with E-state index in [0.717, 1.165) is 27.7 Å². The number of nitrogens with zero attached hydrogens (tertiary/aromatic N) is 4. The van der Waals surface area contributed by atoms with Crippen LogP contribution < -0.4 is 10.1 Å². The first-order chi connectivity index (χ1) is 19.4. The minimum atomic E-state index is -0.946. The lowest BCUT2D eigenvalue weighted by Gasteiger charge is -2.35. The second-order valence-corrected chi connectivity index (χ2v) is 12.5. The highest BCUT2D eigenvalue weighted by atomic mass is 32.1. The van der Waals surface area contributed by atoms with Gasteiger partial charge in [-0.1, -0.05) is 0 Å². The van der Waals surface area contributed by atoms with Crippen molar-refractivity contribution in [2.24, 2.45) is 13.0 Å². The van der Waals surface area contributed by atoms with Crippen LogP contribution in [0, 0.1) is 12.8 Å². The first kappa shape index (κ1) is 28.4. The lowest BCUT2D eigenvalue weighted by molar-refractivity contribution is 0.0770. The topological polar surface area (TPSA) is 117 Å². The second kappa shape index (κ2) is 10.7. The molecule has 1 atom stereocenters. The molecule has 0 radical (unpaired) electrons. The maximum Gasteiger partial charge on any atom is 0.407 e. The molecule has 3 amide bonds. The van der Waals surface area contributed by atoms with Gasteiger partial charge in [0.05, 0.1) is 26.2 Å². The third kappa shape index (κ3) is 5.33.